The molecule has 0 bridgehead atoms. The molecule has 0 saturated carbocycles. The Kier molecular flexibility index (Phi) is 12.1. The number of hydrogen-bond acceptors (Lipinski definition) is 3. The van der Waals surface area contributed by atoms with Crippen LogP contribution in [0.25, 0.3) is 0 Å². The molecule has 3 N–H and O–H groups in total. The number of rotatable bonds is 12. The lowest BCUT2D eigenvalue weighted by atomic mass is 9.79. The zero-order chi connectivity index (χ0) is 18.6. The smallest absolute Gasteiger partial charge is 0.191 e. The van der Waals surface area contributed by atoms with Crippen LogP contribution in [0.1, 0.15) is 67.7 Å². The summed E-state index contributed by atoms with van der Waals surface area (Å²) < 4.78 is 0. The van der Waals surface area contributed by atoms with Crippen LogP contribution in [0.3, 0.4) is 0 Å². The number of aliphatic hydroxyl groups is 1. The quantitative estimate of drug-likeness (QED) is 0.377. The number of nitrogens with zero attached hydrogens (tertiary/aromatic N) is 2. The summed E-state index contributed by atoms with van der Waals surface area (Å²) in [4.78, 5) is 7.27. The van der Waals surface area contributed by atoms with Crippen LogP contribution in [0, 0.1) is 5.41 Å². The largest absolute Gasteiger partial charge is 0.396 e. The number of nitrogens with one attached hydrogen (secondary N) is 2. The molecule has 144 valence electrons. The molecule has 5 nitrogen and oxygen atoms in total. The van der Waals surface area contributed by atoms with Gasteiger partial charge in [-0.05, 0) is 59.3 Å². The Morgan fingerprint density at radius 2 is 1.62 bits per heavy atom. The van der Waals surface area contributed by atoms with Crippen molar-refractivity contribution >= 4 is 5.96 Å². The third-order valence-corrected chi connectivity index (χ3v) is 5.05. The number of guanidine groups is 1. The SMILES string of the molecule is CCNC(=NCC(CC)(CC)CCO)NCCN(C(C)C)C(C)C. The Morgan fingerprint density at radius 3 is 2.04 bits per heavy atom. The molecule has 0 fully saturated rings. The standard InChI is InChI=1S/C19H42N4O/c1-8-19(9-2,11-14-24)15-22-18(20-10-3)21-12-13-23(16(4)5)17(6)7/h16-17,24H,8-15H2,1-7H3,(H2,20,21,22). The van der Waals surface area contributed by atoms with Gasteiger partial charge in [0.25, 0.3) is 0 Å². The summed E-state index contributed by atoms with van der Waals surface area (Å²) in [6.45, 7) is 19.2. The van der Waals surface area contributed by atoms with Crippen molar-refractivity contribution in [3.63, 3.8) is 0 Å². The predicted octanol–water partition coefficient (Wildman–Crippen LogP) is 2.85. The summed E-state index contributed by atoms with van der Waals surface area (Å²) >= 11 is 0. The minimum Gasteiger partial charge on any atom is -0.396 e. The van der Waals surface area contributed by atoms with E-state index in [2.05, 4.69) is 64.0 Å². The van der Waals surface area contributed by atoms with Gasteiger partial charge in [-0.25, -0.2) is 0 Å². The monoisotopic (exact) mass is 342 g/mol. The van der Waals surface area contributed by atoms with Gasteiger partial charge in [0.05, 0.1) is 0 Å². The van der Waals surface area contributed by atoms with Gasteiger partial charge in [-0.1, -0.05) is 13.8 Å². The fourth-order valence-corrected chi connectivity index (χ4v) is 3.15. The molecule has 5 heteroatoms. The molecule has 0 radical (unpaired) electrons. The van der Waals surface area contributed by atoms with Gasteiger partial charge in [0.1, 0.15) is 0 Å². The second-order valence-corrected chi connectivity index (χ2v) is 7.23. The molecule has 0 aliphatic rings. The molecular weight excluding hydrogens is 300 g/mol. The fourth-order valence-electron chi connectivity index (χ4n) is 3.15. The molecule has 0 amide bonds. The first kappa shape index (κ1) is 23.2. The van der Waals surface area contributed by atoms with Gasteiger partial charge in [0, 0.05) is 44.9 Å². The second kappa shape index (κ2) is 12.5. The van der Waals surface area contributed by atoms with Crippen LogP contribution in [-0.4, -0.2) is 60.8 Å². The Hall–Kier alpha value is -0.810. The maximum absolute atomic E-state index is 9.35. The minimum atomic E-state index is 0.110. The molecule has 0 aromatic rings. The average Bonchev–Trinajstić information content (AvgIpc) is 2.54. The maximum Gasteiger partial charge on any atom is 0.191 e. The molecule has 0 heterocycles. The first-order valence-electron chi connectivity index (χ1n) is 9.74. The van der Waals surface area contributed by atoms with Gasteiger partial charge in [-0.15, -0.1) is 0 Å². The zero-order valence-electron chi connectivity index (χ0n) is 17.2. The minimum absolute atomic E-state index is 0.110. The van der Waals surface area contributed by atoms with Crippen molar-refractivity contribution < 1.29 is 5.11 Å². The molecule has 0 spiro atoms. The number of aliphatic imine (C=N–C) groups is 1. The van der Waals surface area contributed by atoms with E-state index >= 15 is 0 Å². The second-order valence-electron chi connectivity index (χ2n) is 7.23. The summed E-state index contributed by atoms with van der Waals surface area (Å²) in [7, 11) is 0. The highest BCUT2D eigenvalue weighted by molar-refractivity contribution is 5.79. The fraction of sp³-hybridized carbons (Fsp3) is 0.947. The molecule has 0 unspecified atom stereocenters. The number of aliphatic hydroxyl groups excluding tert-OH is 1. The van der Waals surface area contributed by atoms with Crippen LogP contribution < -0.4 is 10.6 Å². The molecule has 0 rings (SSSR count). The molecule has 0 atom stereocenters. The van der Waals surface area contributed by atoms with Crippen LogP contribution >= 0.6 is 0 Å². The molecular formula is C19H42N4O. The normalized spacial score (nSPS) is 13.2. The molecule has 0 aliphatic heterocycles. The van der Waals surface area contributed by atoms with Gasteiger partial charge in [-0.3, -0.25) is 9.89 Å². The Bertz CT molecular complexity index is 330. The van der Waals surface area contributed by atoms with Crippen molar-refractivity contribution in [2.45, 2.75) is 79.8 Å². The van der Waals surface area contributed by atoms with Crippen molar-refractivity contribution in [2.24, 2.45) is 10.4 Å². The number of hydrogen-bond donors (Lipinski definition) is 3. The summed E-state index contributed by atoms with van der Waals surface area (Å²) in [6, 6.07) is 1.09. The lowest BCUT2D eigenvalue weighted by molar-refractivity contribution is 0.174. The molecule has 0 aliphatic carbocycles. The zero-order valence-corrected chi connectivity index (χ0v) is 17.2. The van der Waals surface area contributed by atoms with Crippen molar-refractivity contribution in [1.29, 1.82) is 0 Å². The summed E-state index contributed by atoms with van der Waals surface area (Å²) in [5.41, 5.74) is 0.110. The van der Waals surface area contributed by atoms with Crippen molar-refractivity contribution in [1.82, 2.24) is 15.5 Å². The summed E-state index contributed by atoms with van der Waals surface area (Å²) in [6.07, 6.45) is 2.90. The molecule has 0 saturated heterocycles. The van der Waals surface area contributed by atoms with E-state index in [1.54, 1.807) is 0 Å². The molecule has 0 aromatic heterocycles. The van der Waals surface area contributed by atoms with Gasteiger partial charge >= 0.3 is 0 Å². The van der Waals surface area contributed by atoms with Crippen LogP contribution in [0.5, 0.6) is 0 Å². The van der Waals surface area contributed by atoms with Crippen LogP contribution in [0.2, 0.25) is 0 Å². The van der Waals surface area contributed by atoms with Crippen LogP contribution in [0.4, 0.5) is 0 Å². The van der Waals surface area contributed by atoms with E-state index in [4.69, 9.17) is 4.99 Å². The van der Waals surface area contributed by atoms with E-state index < -0.39 is 0 Å². The molecule has 24 heavy (non-hydrogen) atoms. The predicted molar refractivity (Wildman–Crippen MR) is 106 cm³/mol. The van der Waals surface area contributed by atoms with Gasteiger partial charge in [0.2, 0.25) is 0 Å². The van der Waals surface area contributed by atoms with Crippen LogP contribution in [-0.2, 0) is 0 Å². The van der Waals surface area contributed by atoms with E-state index in [1.165, 1.54) is 0 Å². The van der Waals surface area contributed by atoms with E-state index in [-0.39, 0.29) is 12.0 Å². The van der Waals surface area contributed by atoms with Crippen molar-refractivity contribution in [3.8, 4) is 0 Å². The third-order valence-electron chi connectivity index (χ3n) is 5.05. The first-order valence-corrected chi connectivity index (χ1v) is 9.74. The maximum atomic E-state index is 9.35. The highest BCUT2D eigenvalue weighted by Crippen LogP contribution is 2.30. The first-order chi connectivity index (χ1) is 11.4. The Balaban J connectivity index is 4.72. The van der Waals surface area contributed by atoms with Gasteiger partial charge < -0.3 is 15.7 Å². The lowest BCUT2D eigenvalue weighted by Crippen LogP contribution is -2.45. The third kappa shape index (κ3) is 8.34. The highest BCUT2D eigenvalue weighted by atomic mass is 16.3. The van der Waals surface area contributed by atoms with E-state index in [0.29, 0.717) is 12.1 Å². The van der Waals surface area contributed by atoms with Crippen molar-refractivity contribution in [2.75, 3.05) is 32.8 Å². The van der Waals surface area contributed by atoms with Crippen molar-refractivity contribution in [3.05, 3.63) is 0 Å². The summed E-state index contributed by atoms with van der Waals surface area (Å²) in [5, 5.41) is 16.1. The topological polar surface area (TPSA) is 59.9 Å². The van der Waals surface area contributed by atoms with E-state index in [0.717, 1.165) is 51.4 Å². The Labute approximate surface area is 150 Å². The average molecular weight is 343 g/mol. The summed E-state index contributed by atoms with van der Waals surface area (Å²) in [5.74, 6) is 0.883. The lowest BCUT2D eigenvalue weighted by Gasteiger charge is -2.31. The van der Waals surface area contributed by atoms with Gasteiger partial charge in [0.15, 0.2) is 5.96 Å². The van der Waals surface area contributed by atoms with E-state index in [9.17, 15) is 5.11 Å². The Morgan fingerprint density at radius 1 is 1.04 bits per heavy atom. The van der Waals surface area contributed by atoms with Gasteiger partial charge in [-0.2, -0.15) is 0 Å². The van der Waals surface area contributed by atoms with E-state index in [1.807, 2.05) is 0 Å². The van der Waals surface area contributed by atoms with Crippen LogP contribution in [0.15, 0.2) is 4.99 Å². The highest BCUT2D eigenvalue weighted by Gasteiger charge is 2.25. The molecule has 0 aromatic carbocycles.